The zero-order valence-electron chi connectivity index (χ0n) is 12.0. The Labute approximate surface area is 120 Å². The van der Waals surface area contributed by atoms with Crippen molar-refractivity contribution in [2.75, 3.05) is 0 Å². The number of esters is 1. The molecule has 0 amide bonds. The van der Waals surface area contributed by atoms with E-state index in [1.165, 1.54) is 19.3 Å². The zero-order chi connectivity index (χ0) is 14.1. The lowest BCUT2D eigenvalue weighted by Gasteiger charge is -2.28. The molecule has 4 heteroatoms. The highest BCUT2D eigenvalue weighted by Gasteiger charge is 2.49. The molecule has 2 N–H and O–H groups in total. The van der Waals surface area contributed by atoms with Gasteiger partial charge in [-0.25, -0.2) is 0 Å². The first-order chi connectivity index (χ1) is 9.65. The summed E-state index contributed by atoms with van der Waals surface area (Å²) < 4.78 is 5.25. The van der Waals surface area contributed by atoms with Crippen molar-refractivity contribution in [1.29, 1.82) is 0 Å². The summed E-state index contributed by atoms with van der Waals surface area (Å²) in [6.45, 7) is 0. The van der Waals surface area contributed by atoms with E-state index in [0.29, 0.717) is 18.8 Å². The predicted octanol–water partition coefficient (Wildman–Crippen LogP) is 2.02. The van der Waals surface area contributed by atoms with Crippen LogP contribution in [0.3, 0.4) is 0 Å². The topological polar surface area (TPSA) is 66.8 Å². The minimum Gasteiger partial charge on any atom is -0.462 e. The van der Waals surface area contributed by atoms with Gasteiger partial charge in [-0.1, -0.05) is 19.3 Å². The molecular formula is C16H26O4. The summed E-state index contributed by atoms with van der Waals surface area (Å²) in [5.74, 6) is 0.630. The third-order valence-corrected chi connectivity index (χ3v) is 5.67. The van der Waals surface area contributed by atoms with Crippen LogP contribution < -0.4 is 0 Å². The van der Waals surface area contributed by atoms with E-state index in [1.54, 1.807) is 0 Å². The summed E-state index contributed by atoms with van der Waals surface area (Å²) in [4.78, 5) is 11.3. The first-order valence-electron chi connectivity index (χ1n) is 8.20. The summed E-state index contributed by atoms with van der Waals surface area (Å²) in [6, 6.07) is 0. The molecule has 0 aromatic heterocycles. The third kappa shape index (κ3) is 2.86. The molecule has 114 valence electrons. The van der Waals surface area contributed by atoms with Gasteiger partial charge in [0.15, 0.2) is 0 Å². The fourth-order valence-electron chi connectivity index (χ4n) is 4.50. The number of hydrogen-bond donors (Lipinski definition) is 2. The van der Waals surface area contributed by atoms with Gasteiger partial charge in [0.1, 0.15) is 6.10 Å². The highest BCUT2D eigenvalue weighted by atomic mass is 16.6. The average Bonchev–Trinajstić information content (AvgIpc) is 2.92. The van der Waals surface area contributed by atoms with E-state index < -0.39 is 0 Å². The van der Waals surface area contributed by atoms with Gasteiger partial charge in [0.2, 0.25) is 0 Å². The monoisotopic (exact) mass is 282 g/mol. The molecule has 0 bridgehead atoms. The Morgan fingerprint density at radius 1 is 1.25 bits per heavy atom. The van der Waals surface area contributed by atoms with Gasteiger partial charge in [-0.2, -0.15) is 0 Å². The van der Waals surface area contributed by atoms with Crippen molar-refractivity contribution < 1.29 is 19.7 Å². The van der Waals surface area contributed by atoms with Gasteiger partial charge in [-0.05, 0) is 37.5 Å². The first-order valence-corrected chi connectivity index (χ1v) is 8.20. The molecule has 0 aromatic rings. The molecule has 4 nitrogen and oxygen atoms in total. The average molecular weight is 282 g/mol. The van der Waals surface area contributed by atoms with Crippen molar-refractivity contribution in [2.45, 2.75) is 76.1 Å². The summed E-state index contributed by atoms with van der Waals surface area (Å²) >= 11 is 0. The minimum atomic E-state index is -0.364. The normalized spacial score (nSPS) is 39.6. The lowest BCUT2D eigenvalue weighted by molar-refractivity contribution is -0.141. The first kappa shape index (κ1) is 14.3. The van der Waals surface area contributed by atoms with Crippen LogP contribution in [0.15, 0.2) is 0 Å². The molecule has 1 heterocycles. The van der Waals surface area contributed by atoms with Crippen LogP contribution in [0.1, 0.15) is 57.8 Å². The highest BCUT2D eigenvalue weighted by Crippen LogP contribution is 2.44. The van der Waals surface area contributed by atoms with Gasteiger partial charge in [-0.15, -0.1) is 0 Å². The fourth-order valence-corrected chi connectivity index (χ4v) is 4.50. The number of carbonyl (C=O) groups is 1. The lowest BCUT2D eigenvalue weighted by atomic mass is 9.81. The largest absolute Gasteiger partial charge is 0.462 e. The molecular weight excluding hydrogens is 256 g/mol. The summed E-state index contributed by atoms with van der Waals surface area (Å²) in [5.41, 5.74) is 0. The quantitative estimate of drug-likeness (QED) is 0.774. The molecule has 0 aromatic carbocycles. The molecule has 2 saturated carbocycles. The molecule has 3 unspecified atom stereocenters. The van der Waals surface area contributed by atoms with Crippen molar-refractivity contribution in [3.8, 4) is 0 Å². The third-order valence-electron chi connectivity index (χ3n) is 5.67. The molecule has 0 spiro atoms. The Morgan fingerprint density at radius 3 is 2.75 bits per heavy atom. The highest BCUT2D eigenvalue weighted by molar-refractivity contribution is 5.72. The minimum absolute atomic E-state index is 0.0747. The smallest absolute Gasteiger partial charge is 0.306 e. The fraction of sp³-hybridized carbons (Fsp3) is 0.938. The van der Waals surface area contributed by atoms with Crippen LogP contribution in [0, 0.1) is 17.8 Å². The van der Waals surface area contributed by atoms with Gasteiger partial charge >= 0.3 is 5.97 Å². The molecule has 0 radical (unpaired) electrons. The van der Waals surface area contributed by atoms with Crippen LogP contribution in [-0.4, -0.2) is 34.5 Å². The molecule has 3 aliphatic rings. The van der Waals surface area contributed by atoms with E-state index in [9.17, 15) is 15.0 Å². The van der Waals surface area contributed by atoms with Gasteiger partial charge < -0.3 is 14.9 Å². The molecule has 3 rings (SSSR count). The predicted molar refractivity (Wildman–Crippen MR) is 73.9 cm³/mol. The summed E-state index contributed by atoms with van der Waals surface area (Å²) in [5, 5.41) is 20.5. The van der Waals surface area contributed by atoms with Crippen LogP contribution in [0.4, 0.5) is 0 Å². The maximum atomic E-state index is 11.3. The molecule has 1 aliphatic heterocycles. The van der Waals surface area contributed by atoms with Crippen molar-refractivity contribution in [1.82, 2.24) is 0 Å². The second kappa shape index (κ2) is 6.02. The number of hydrogen-bond acceptors (Lipinski definition) is 4. The molecule has 2 aliphatic carbocycles. The Kier molecular flexibility index (Phi) is 4.32. The number of aliphatic hydroxyl groups is 2. The van der Waals surface area contributed by atoms with Crippen LogP contribution >= 0.6 is 0 Å². The van der Waals surface area contributed by atoms with E-state index in [1.807, 2.05) is 0 Å². The van der Waals surface area contributed by atoms with E-state index in [0.717, 1.165) is 25.7 Å². The summed E-state index contributed by atoms with van der Waals surface area (Å²) in [7, 11) is 0. The second-order valence-electron chi connectivity index (χ2n) is 6.91. The second-order valence-corrected chi connectivity index (χ2v) is 6.91. The Balaban J connectivity index is 1.50. The van der Waals surface area contributed by atoms with E-state index in [-0.39, 0.29) is 36.1 Å². The maximum absolute atomic E-state index is 11.3. The SMILES string of the molecule is O=C1CC2C(CC[C@@H](O)C3CCCCC3)C(O)C[C@@H]2O1. The molecule has 1 saturated heterocycles. The van der Waals surface area contributed by atoms with Crippen LogP contribution in [0.2, 0.25) is 0 Å². The number of fused-ring (bicyclic) bond motifs is 1. The lowest BCUT2D eigenvalue weighted by Crippen LogP contribution is -2.26. The van der Waals surface area contributed by atoms with Gasteiger partial charge in [-0.3, -0.25) is 4.79 Å². The standard InChI is InChI=1S/C16H26O4/c17-13(10-4-2-1-3-5-10)7-6-11-12-8-16(19)20-15(12)9-14(11)18/h10-15,17-18H,1-9H2/t11?,12?,13-,14?,15+/m1/s1. The number of carbonyl (C=O) groups excluding carboxylic acids is 1. The number of ether oxygens (including phenoxy) is 1. The van der Waals surface area contributed by atoms with Crippen LogP contribution in [-0.2, 0) is 9.53 Å². The van der Waals surface area contributed by atoms with Crippen molar-refractivity contribution in [2.24, 2.45) is 17.8 Å². The van der Waals surface area contributed by atoms with Crippen molar-refractivity contribution >= 4 is 5.97 Å². The Bertz CT molecular complexity index is 350. The zero-order valence-corrected chi connectivity index (χ0v) is 12.0. The molecule has 20 heavy (non-hydrogen) atoms. The van der Waals surface area contributed by atoms with Crippen LogP contribution in [0.25, 0.3) is 0 Å². The maximum Gasteiger partial charge on any atom is 0.306 e. The van der Waals surface area contributed by atoms with Gasteiger partial charge in [0.25, 0.3) is 0 Å². The van der Waals surface area contributed by atoms with E-state index >= 15 is 0 Å². The van der Waals surface area contributed by atoms with E-state index in [4.69, 9.17) is 4.74 Å². The number of rotatable bonds is 4. The van der Waals surface area contributed by atoms with Crippen molar-refractivity contribution in [3.63, 3.8) is 0 Å². The Hall–Kier alpha value is -0.610. The molecule has 5 atom stereocenters. The molecule has 3 fully saturated rings. The van der Waals surface area contributed by atoms with Crippen LogP contribution in [0.5, 0.6) is 0 Å². The van der Waals surface area contributed by atoms with E-state index in [2.05, 4.69) is 0 Å². The summed E-state index contributed by atoms with van der Waals surface area (Å²) in [6.07, 6.45) is 7.98. The Morgan fingerprint density at radius 2 is 2.00 bits per heavy atom. The van der Waals surface area contributed by atoms with Crippen molar-refractivity contribution in [3.05, 3.63) is 0 Å². The number of aliphatic hydroxyl groups excluding tert-OH is 2. The van der Waals surface area contributed by atoms with Gasteiger partial charge in [0, 0.05) is 12.3 Å². The van der Waals surface area contributed by atoms with Gasteiger partial charge in [0.05, 0.1) is 18.6 Å².